The molecule has 0 bridgehead atoms. The second-order valence-electron chi connectivity index (χ2n) is 4.61. The highest BCUT2D eigenvalue weighted by Gasteiger charge is 2.18. The lowest BCUT2D eigenvalue weighted by Crippen LogP contribution is -2.02. The van der Waals surface area contributed by atoms with E-state index in [1.807, 2.05) is 48.5 Å². The van der Waals surface area contributed by atoms with Gasteiger partial charge >= 0.3 is 0 Å². The number of hydrogen-bond acceptors (Lipinski definition) is 3. The number of aromatic nitrogens is 3. The van der Waals surface area contributed by atoms with Crippen LogP contribution in [0.3, 0.4) is 0 Å². The summed E-state index contributed by atoms with van der Waals surface area (Å²) in [7, 11) is 1.62. The molecule has 22 heavy (non-hydrogen) atoms. The summed E-state index contributed by atoms with van der Waals surface area (Å²) in [5.41, 5.74) is 3.19. The van der Waals surface area contributed by atoms with Gasteiger partial charge in [-0.15, -0.1) is 16.7 Å². The molecule has 0 fully saturated rings. The van der Waals surface area contributed by atoms with Crippen molar-refractivity contribution in [2.45, 2.75) is 5.88 Å². The molecule has 0 radical (unpaired) electrons. The normalized spacial score (nSPS) is 10.7. The molecule has 0 amide bonds. The molecule has 1 heterocycles. The molecule has 0 saturated heterocycles. The first-order valence-corrected chi connectivity index (χ1v) is 7.55. The average Bonchev–Trinajstić information content (AvgIpc) is 2.98. The molecule has 3 aromatic rings. The van der Waals surface area contributed by atoms with Crippen molar-refractivity contribution in [3.63, 3.8) is 0 Å². The predicted molar refractivity (Wildman–Crippen MR) is 87.9 cm³/mol. The second kappa shape index (κ2) is 6.38. The van der Waals surface area contributed by atoms with Gasteiger partial charge in [0.05, 0.1) is 18.7 Å². The van der Waals surface area contributed by atoms with Gasteiger partial charge in [0.1, 0.15) is 17.1 Å². The first kappa shape index (κ1) is 14.9. The topological polar surface area (TPSA) is 39.9 Å². The highest BCUT2D eigenvalue weighted by Crippen LogP contribution is 2.31. The Morgan fingerprint density at radius 2 is 1.95 bits per heavy atom. The first-order valence-electron chi connectivity index (χ1n) is 6.64. The summed E-state index contributed by atoms with van der Waals surface area (Å²) < 4.78 is 7.13. The van der Waals surface area contributed by atoms with Crippen LogP contribution < -0.4 is 4.74 Å². The number of nitrogens with zero attached hydrogens (tertiary/aromatic N) is 3. The Labute approximate surface area is 138 Å². The van der Waals surface area contributed by atoms with Crippen LogP contribution in [0.5, 0.6) is 5.75 Å². The number of ether oxygens (including phenoxy) is 1. The third-order valence-electron chi connectivity index (χ3n) is 3.28. The van der Waals surface area contributed by atoms with Crippen LogP contribution in [0.2, 0.25) is 5.02 Å². The molecule has 0 aliphatic heterocycles. The van der Waals surface area contributed by atoms with E-state index in [-0.39, 0.29) is 5.88 Å². The van der Waals surface area contributed by atoms with Gasteiger partial charge in [0, 0.05) is 10.6 Å². The average molecular weight is 334 g/mol. The van der Waals surface area contributed by atoms with Gasteiger partial charge in [-0.25, -0.2) is 4.68 Å². The Bertz CT molecular complexity index is 802. The summed E-state index contributed by atoms with van der Waals surface area (Å²) in [6, 6.07) is 15.1. The van der Waals surface area contributed by atoms with E-state index in [0.29, 0.717) is 16.5 Å². The SMILES string of the molecule is COc1ccccc1-n1nnc(CCl)c1-c1cccc(Cl)c1. The number of benzene rings is 2. The smallest absolute Gasteiger partial charge is 0.144 e. The van der Waals surface area contributed by atoms with Gasteiger partial charge < -0.3 is 4.74 Å². The van der Waals surface area contributed by atoms with Gasteiger partial charge in [0.15, 0.2) is 0 Å². The lowest BCUT2D eigenvalue weighted by Gasteiger charge is -2.11. The maximum Gasteiger partial charge on any atom is 0.144 e. The zero-order chi connectivity index (χ0) is 15.5. The van der Waals surface area contributed by atoms with E-state index in [4.69, 9.17) is 27.9 Å². The van der Waals surface area contributed by atoms with Crippen molar-refractivity contribution >= 4 is 23.2 Å². The number of halogens is 2. The zero-order valence-corrected chi connectivity index (χ0v) is 13.3. The summed E-state index contributed by atoms with van der Waals surface area (Å²) in [5, 5.41) is 9.05. The van der Waals surface area contributed by atoms with Crippen LogP contribution in [0, 0.1) is 0 Å². The molecule has 0 unspecified atom stereocenters. The summed E-state index contributed by atoms with van der Waals surface area (Å²) in [4.78, 5) is 0. The predicted octanol–water partition coefficient (Wildman–Crippen LogP) is 4.34. The number of methoxy groups -OCH3 is 1. The van der Waals surface area contributed by atoms with E-state index < -0.39 is 0 Å². The van der Waals surface area contributed by atoms with Gasteiger partial charge in [-0.05, 0) is 24.3 Å². The third-order valence-corrected chi connectivity index (χ3v) is 3.77. The summed E-state index contributed by atoms with van der Waals surface area (Å²) >= 11 is 12.1. The van der Waals surface area contributed by atoms with Crippen molar-refractivity contribution in [3.8, 4) is 22.7 Å². The second-order valence-corrected chi connectivity index (χ2v) is 5.32. The minimum Gasteiger partial charge on any atom is -0.494 e. The highest BCUT2D eigenvalue weighted by atomic mass is 35.5. The van der Waals surface area contributed by atoms with Gasteiger partial charge in [-0.1, -0.05) is 41.1 Å². The molecule has 0 atom stereocenters. The summed E-state index contributed by atoms with van der Waals surface area (Å²) in [6.07, 6.45) is 0. The number of hydrogen-bond donors (Lipinski definition) is 0. The van der Waals surface area contributed by atoms with Crippen molar-refractivity contribution in [2.75, 3.05) is 7.11 Å². The molecule has 112 valence electrons. The van der Waals surface area contributed by atoms with Gasteiger partial charge in [-0.3, -0.25) is 0 Å². The van der Waals surface area contributed by atoms with Crippen LogP contribution in [0.4, 0.5) is 0 Å². The van der Waals surface area contributed by atoms with Crippen LogP contribution in [0.25, 0.3) is 16.9 Å². The Kier molecular flexibility index (Phi) is 4.32. The van der Waals surface area contributed by atoms with E-state index in [1.165, 1.54) is 0 Å². The fraction of sp³-hybridized carbons (Fsp3) is 0.125. The summed E-state index contributed by atoms with van der Waals surface area (Å²) in [6.45, 7) is 0. The fourth-order valence-electron chi connectivity index (χ4n) is 2.30. The van der Waals surface area contributed by atoms with Gasteiger partial charge in [0.25, 0.3) is 0 Å². The third kappa shape index (κ3) is 2.67. The number of rotatable bonds is 4. The molecule has 0 saturated carbocycles. The highest BCUT2D eigenvalue weighted by molar-refractivity contribution is 6.30. The lowest BCUT2D eigenvalue weighted by atomic mass is 10.1. The van der Waals surface area contributed by atoms with Crippen LogP contribution in [-0.2, 0) is 5.88 Å². The molecule has 4 nitrogen and oxygen atoms in total. The van der Waals surface area contributed by atoms with Crippen molar-refractivity contribution in [1.29, 1.82) is 0 Å². The fourth-order valence-corrected chi connectivity index (χ4v) is 2.67. The largest absolute Gasteiger partial charge is 0.494 e. The van der Waals surface area contributed by atoms with Gasteiger partial charge in [-0.2, -0.15) is 0 Å². The Balaban J connectivity index is 2.24. The Hall–Kier alpha value is -2.04. The Morgan fingerprint density at radius 3 is 2.68 bits per heavy atom. The van der Waals surface area contributed by atoms with Crippen LogP contribution >= 0.6 is 23.2 Å². The maximum absolute atomic E-state index is 6.11. The van der Waals surface area contributed by atoms with Gasteiger partial charge in [0.2, 0.25) is 0 Å². The molecule has 1 aromatic heterocycles. The van der Waals surface area contributed by atoms with E-state index in [2.05, 4.69) is 10.3 Å². The molecule has 6 heteroatoms. The summed E-state index contributed by atoms with van der Waals surface area (Å²) in [5.74, 6) is 0.966. The number of alkyl halides is 1. The Morgan fingerprint density at radius 1 is 1.14 bits per heavy atom. The van der Waals surface area contributed by atoms with Crippen LogP contribution in [0.1, 0.15) is 5.69 Å². The van der Waals surface area contributed by atoms with Crippen molar-refractivity contribution in [1.82, 2.24) is 15.0 Å². The van der Waals surface area contributed by atoms with Crippen molar-refractivity contribution in [3.05, 3.63) is 59.2 Å². The monoisotopic (exact) mass is 333 g/mol. The zero-order valence-electron chi connectivity index (χ0n) is 11.8. The first-order chi connectivity index (χ1) is 10.7. The van der Waals surface area contributed by atoms with E-state index in [9.17, 15) is 0 Å². The number of para-hydroxylation sites is 2. The lowest BCUT2D eigenvalue weighted by molar-refractivity contribution is 0.411. The molecule has 0 aliphatic carbocycles. The maximum atomic E-state index is 6.11. The van der Waals surface area contributed by atoms with Crippen molar-refractivity contribution in [2.24, 2.45) is 0 Å². The van der Waals surface area contributed by atoms with E-state index >= 15 is 0 Å². The van der Waals surface area contributed by atoms with Crippen LogP contribution in [-0.4, -0.2) is 22.1 Å². The minimum absolute atomic E-state index is 0.261. The van der Waals surface area contributed by atoms with E-state index in [0.717, 1.165) is 16.9 Å². The molecule has 0 N–H and O–H groups in total. The van der Waals surface area contributed by atoms with E-state index in [1.54, 1.807) is 11.8 Å². The standard InChI is InChI=1S/C16H13Cl2N3O/c1-22-15-8-3-2-7-14(15)21-16(13(10-17)19-20-21)11-5-4-6-12(18)9-11/h2-9H,10H2,1H3. The molecule has 0 aliphatic rings. The molecule has 2 aromatic carbocycles. The van der Waals surface area contributed by atoms with Crippen LogP contribution in [0.15, 0.2) is 48.5 Å². The quantitative estimate of drug-likeness (QED) is 0.667. The molecular weight excluding hydrogens is 321 g/mol. The molecule has 3 rings (SSSR count). The minimum atomic E-state index is 0.261. The molecule has 0 spiro atoms. The van der Waals surface area contributed by atoms with Crippen molar-refractivity contribution < 1.29 is 4.74 Å². The molecular formula is C16H13Cl2N3O.